The number of rotatable bonds is 8. The molecule has 6 nitrogen and oxygen atoms in total. The van der Waals surface area contributed by atoms with Gasteiger partial charge in [-0.1, -0.05) is 30.3 Å². The number of amides is 1. The van der Waals surface area contributed by atoms with Crippen molar-refractivity contribution in [1.82, 2.24) is 4.31 Å². The topological polar surface area (TPSA) is 75.7 Å². The van der Waals surface area contributed by atoms with Gasteiger partial charge in [-0.25, -0.2) is 12.7 Å². The molecule has 26 heavy (non-hydrogen) atoms. The Bertz CT molecular complexity index is 849. The molecule has 0 saturated heterocycles. The van der Waals surface area contributed by atoms with E-state index in [9.17, 15) is 13.2 Å². The van der Waals surface area contributed by atoms with Gasteiger partial charge in [0.1, 0.15) is 10.6 Å². The molecular weight excluding hydrogens is 352 g/mol. The molecule has 0 bridgehead atoms. The lowest BCUT2D eigenvalue weighted by Gasteiger charge is -2.16. The number of nitrogens with one attached hydrogen (secondary N) is 1. The molecule has 0 spiro atoms. The van der Waals surface area contributed by atoms with E-state index >= 15 is 0 Å². The summed E-state index contributed by atoms with van der Waals surface area (Å²) in [6.07, 6.45) is 0.930. The van der Waals surface area contributed by atoms with Crippen LogP contribution in [0.4, 0.5) is 5.69 Å². The van der Waals surface area contributed by atoms with Crippen LogP contribution >= 0.6 is 0 Å². The van der Waals surface area contributed by atoms with E-state index in [1.807, 2.05) is 30.3 Å². The summed E-state index contributed by atoms with van der Waals surface area (Å²) in [5.41, 5.74) is 1.50. The zero-order valence-corrected chi connectivity index (χ0v) is 16.0. The smallest absolute Gasteiger partial charge is 0.246 e. The van der Waals surface area contributed by atoms with Gasteiger partial charge in [0.2, 0.25) is 15.9 Å². The number of benzene rings is 2. The molecule has 2 aromatic carbocycles. The monoisotopic (exact) mass is 376 g/mol. The maximum Gasteiger partial charge on any atom is 0.246 e. The summed E-state index contributed by atoms with van der Waals surface area (Å²) in [5.74, 6) is 0.0923. The van der Waals surface area contributed by atoms with E-state index in [4.69, 9.17) is 4.74 Å². The molecule has 140 valence electrons. The van der Waals surface area contributed by atoms with E-state index in [1.165, 1.54) is 20.2 Å². The van der Waals surface area contributed by atoms with Crippen molar-refractivity contribution in [3.8, 4) is 5.75 Å². The summed E-state index contributed by atoms with van der Waals surface area (Å²) in [6, 6.07) is 14.3. The largest absolute Gasteiger partial charge is 0.492 e. The second-order valence-corrected chi connectivity index (χ2v) is 8.04. The molecule has 7 heteroatoms. The third-order valence-corrected chi connectivity index (χ3v) is 5.61. The molecule has 0 aromatic heterocycles. The summed E-state index contributed by atoms with van der Waals surface area (Å²) >= 11 is 0. The van der Waals surface area contributed by atoms with Gasteiger partial charge < -0.3 is 10.1 Å². The fraction of sp³-hybridized carbons (Fsp3) is 0.316. The molecule has 0 atom stereocenters. The third-order valence-electron chi connectivity index (χ3n) is 3.77. The molecule has 0 aliphatic heterocycles. The first-order chi connectivity index (χ1) is 12.3. The molecule has 0 aliphatic rings. The van der Waals surface area contributed by atoms with Crippen LogP contribution in [0.2, 0.25) is 0 Å². The van der Waals surface area contributed by atoms with Crippen LogP contribution in [-0.4, -0.2) is 39.3 Å². The lowest BCUT2D eigenvalue weighted by Crippen LogP contribution is -2.23. The zero-order chi connectivity index (χ0) is 19.2. The number of sulfonamides is 1. The molecule has 0 fully saturated rings. The number of hydrogen-bond acceptors (Lipinski definition) is 4. The minimum atomic E-state index is -3.69. The Morgan fingerprint density at radius 3 is 2.42 bits per heavy atom. The van der Waals surface area contributed by atoms with Crippen molar-refractivity contribution in [2.24, 2.45) is 0 Å². The summed E-state index contributed by atoms with van der Waals surface area (Å²) in [5, 5.41) is 2.76. The highest BCUT2D eigenvalue weighted by atomic mass is 32.2. The van der Waals surface area contributed by atoms with Crippen molar-refractivity contribution in [2.45, 2.75) is 24.7 Å². The van der Waals surface area contributed by atoms with Gasteiger partial charge in [-0.2, -0.15) is 0 Å². The first kappa shape index (κ1) is 19.9. The summed E-state index contributed by atoms with van der Waals surface area (Å²) in [6.45, 7) is 2.13. The van der Waals surface area contributed by atoms with Crippen LogP contribution in [0.3, 0.4) is 0 Å². The number of ether oxygens (including phenoxy) is 1. The molecule has 0 saturated carbocycles. The predicted octanol–water partition coefficient (Wildman–Crippen LogP) is 2.91. The highest BCUT2D eigenvalue weighted by Gasteiger charge is 2.23. The fourth-order valence-electron chi connectivity index (χ4n) is 2.38. The molecule has 2 rings (SSSR count). The van der Waals surface area contributed by atoms with Crippen LogP contribution in [0.25, 0.3) is 0 Å². The number of carbonyl (C=O) groups is 1. The fourth-order valence-corrected chi connectivity index (χ4v) is 3.44. The van der Waals surface area contributed by atoms with Crippen LogP contribution < -0.4 is 10.1 Å². The molecule has 1 N–H and O–H groups in total. The summed E-state index contributed by atoms with van der Waals surface area (Å²) in [7, 11) is -0.777. The Labute approximate surface area is 154 Å². The summed E-state index contributed by atoms with van der Waals surface area (Å²) in [4.78, 5) is 12.2. The van der Waals surface area contributed by atoms with Gasteiger partial charge in [-0.05, 0) is 37.1 Å². The molecule has 0 unspecified atom stereocenters. The van der Waals surface area contributed by atoms with E-state index in [1.54, 1.807) is 19.1 Å². The zero-order valence-electron chi connectivity index (χ0n) is 15.2. The number of nitrogens with zero attached hydrogens (tertiary/aromatic N) is 1. The minimum Gasteiger partial charge on any atom is -0.492 e. The molecular formula is C19H24N2O4S. The maximum absolute atomic E-state index is 12.5. The Hall–Kier alpha value is -2.38. The third kappa shape index (κ3) is 5.06. The van der Waals surface area contributed by atoms with E-state index < -0.39 is 10.0 Å². The quantitative estimate of drug-likeness (QED) is 0.769. The predicted molar refractivity (Wildman–Crippen MR) is 102 cm³/mol. The maximum atomic E-state index is 12.5. The molecule has 2 aromatic rings. The minimum absolute atomic E-state index is 0.0326. The van der Waals surface area contributed by atoms with Gasteiger partial charge >= 0.3 is 0 Å². The van der Waals surface area contributed by atoms with Crippen LogP contribution in [0.15, 0.2) is 53.4 Å². The second-order valence-electron chi connectivity index (χ2n) is 5.92. The Morgan fingerprint density at radius 1 is 1.12 bits per heavy atom. The molecule has 0 aliphatic carbocycles. The highest BCUT2D eigenvalue weighted by Crippen LogP contribution is 2.29. The van der Waals surface area contributed by atoms with Crippen LogP contribution in [0, 0.1) is 0 Å². The molecule has 0 radical (unpaired) electrons. The standard InChI is InChI=1S/C19H24N2O4S/c1-4-25-17-12-11-16(14-18(17)26(23,24)21(2)3)20-19(22)13-10-15-8-6-5-7-9-15/h5-9,11-12,14H,4,10,13H2,1-3H3,(H,20,22). The van der Waals surface area contributed by atoms with Gasteiger partial charge in [0.25, 0.3) is 0 Å². The van der Waals surface area contributed by atoms with Gasteiger partial charge in [0, 0.05) is 26.2 Å². The van der Waals surface area contributed by atoms with E-state index in [2.05, 4.69) is 5.32 Å². The average Bonchev–Trinajstić information content (AvgIpc) is 2.62. The number of anilines is 1. The van der Waals surface area contributed by atoms with Crippen molar-refractivity contribution < 1.29 is 17.9 Å². The molecule has 0 heterocycles. The Morgan fingerprint density at radius 2 is 1.81 bits per heavy atom. The van der Waals surface area contributed by atoms with Crippen molar-refractivity contribution in [3.05, 3.63) is 54.1 Å². The first-order valence-electron chi connectivity index (χ1n) is 8.37. The lowest BCUT2D eigenvalue weighted by atomic mass is 10.1. The first-order valence-corrected chi connectivity index (χ1v) is 9.81. The van der Waals surface area contributed by atoms with Gasteiger partial charge in [0.05, 0.1) is 6.61 Å². The van der Waals surface area contributed by atoms with E-state index in [-0.39, 0.29) is 16.6 Å². The van der Waals surface area contributed by atoms with Crippen LogP contribution in [-0.2, 0) is 21.2 Å². The van der Waals surface area contributed by atoms with Crippen LogP contribution in [0.5, 0.6) is 5.75 Å². The van der Waals surface area contributed by atoms with Crippen LogP contribution in [0.1, 0.15) is 18.9 Å². The van der Waals surface area contributed by atoms with E-state index in [0.717, 1.165) is 9.87 Å². The Kier molecular flexibility index (Phi) is 6.76. The van der Waals surface area contributed by atoms with Gasteiger partial charge in [-0.15, -0.1) is 0 Å². The number of aryl methyl sites for hydroxylation is 1. The highest BCUT2D eigenvalue weighted by molar-refractivity contribution is 7.89. The number of hydrogen-bond donors (Lipinski definition) is 1. The molecule has 1 amide bonds. The van der Waals surface area contributed by atoms with Crippen molar-refractivity contribution in [1.29, 1.82) is 0 Å². The Balaban J connectivity index is 2.15. The normalized spacial score (nSPS) is 11.4. The van der Waals surface area contributed by atoms with Crippen molar-refractivity contribution in [3.63, 3.8) is 0 Å². The van der Waals surface area contributed by atoms with Gasteiger partial charge in [0.15, 0.2) is 0 Å². The second kappa shape index (κ2) is 8.82. The SMILES string of the molecule is CCOc1ccc(NC(=O)CCc2ccccc2)cc1S(=O)(=O)N(C)C. The van der Waals surface area contributed by atoms with E-state index in [0.29, 0.717) is 25.1 Å². The average molecular weight is 376 g/mol. The van der Waals surface area contributed by atoms with Crippen molar-refractivity contribution in [2.75, 3.05) is 26.0 Å². The van der Waals surface area contributed by atoms with Gasteiger partial charge in [-0.3, -0.25) is 4.79 Å². The lowest BCUT2D eigenvalue weighted by molar-refractivity contribution is -0.116. The van der Waals surface area contributed by atoms with Crippen molar-refractivity contribution >= 4 is 21.6 Å². The number of carbonyl (C=O) groups excluding carboxylic acids is 1. The summed E-state index contributed by atoms with van der Waals surface area (Å²) < 4.78 is 31.6.